The summed E-state index contributed by atoms with van der Waals surface area (Å²) in [7, 11) is 0. The largest absolute Gasteiger partial charge is 0.461 e. The van der Waals surface area contributed by atoms with Gasteiger partial charge in [-0.15, -0.1) is 0 Å². The van der Waals surface area contributed by atoms with Crippen LogP contribution in [0.3, 0.4) is 0 Å². The zero-order valence-corrected chi connectivity index (χ0v) is 9.36. The van der Waals surface area contributed by atoms with Gasteiger partial charge in [-0.2, -0.15) is 0 Å². The fourth-order valence-electron chi connectivity index (χ4n) is 1.96. The number of alkyl halides is 2. The van der Waals surface area contributed by atoms with Gasteiger partial charge in [0.1, 0.15) is 6.61 Å². The Bertz CT molecular complexity index is 382. The molecule has 0 radical (unpaired) electrons. The van der Waals surface area contributed by atoms with Crippen molar-refractivity contribution in [3.05, 3.63) is 35.9 Å². The minimum absolute atomic E-state index is 0.0996. The minimum atomic E-state index is -2.57. The van der Waals surface area contributed by atoms with Gasteiger partial charge in [0.05, 0.1) is 0 Å². The van der Waals surface area contributed by atoms with Gasteiger partial charge < -0.3 is 4.74 Å². The summed E-state index contributed by atoms with van der Waals surface area (Å²) in [6, 6.07) is 9.29. The second-order valence-electron chi connectivity index (χ2n) is 4.48. The van der Waals surface area contributed by atoms with Gasteiger partial charge in [-0.05, 0) is 11.5 Å². The summed E-state index contributed by atoms with van der Waals surface area (Å²) in [5.41, 5.74) is 0.903. The molecule has 0 heterocycles. The highest BCUT2D eigenvalue weighted by Gasteiger charge is 2.45. The molecule has 4 heteroatoms. The van der Waals surface area contributed by atoms with Gasteiger partial charge in [-0.25, -0.2) is 8.78 Å². The average molecular weight is 240 g/mol. The molecular formula is C13H14F2O2. The van der Waals surface area contributed by atoms with Crippen molar-refractivity contribution in [3.63, 3.8) is 0 Å². The van der Waals surface area contributed by atoms with E-state index in [4.69, 9.17) is 4.74 Å². The van der Waals surface area contributed by atoms with Gasteiger partial charge in [-0.3, -0.25) is 4.79 Å². The molecule has 1 aromatic rings. The summed E-state index contributed by atoms with van der Waals surface area (Å²) in [6.07, 6.45) is -0.275. The zero-order chi connectivity index (χ0) is 12.3. The fraction of sp³-hybridized carbons (Fsp3) is 0.462. The van der Waals surface area contributed by atoms with Gasteiger partial charge in [-0.1, -0.05) is 30.3 Å². The van der Waals surface area contributed by atoms with Crippen molar-refractivity contribution in [2.24, 2.45) is 5.92 Å². The van der Waals surface area contributed by atoms with E-state index in [1.54, 1.807) is 0 Å². The lowest BCUT2D eigenvalue weighted by molar-refractivity contribution is -0.154. The molecular weight excluding hydrogens is 226 g/mol. The predicted molar refractivity (Wildman–Crippen MR) is 58.5 cm³/mol. The summed E-state index contributed by atoms with van der Waals surface area (Å²) >= 11 is 0. The molecule has 0 aromatic heterocycles. The lowest BCUT2D eigenvalue weighted by Gasteiger charge is -2.34. The lowest BCUT2D eigenvalue weighted by Crippen LogP contribution is -2.36. The maximum Gasteiger partial charge on any atom is 0.306 e. The van der Waals surface area contributed by atoms with Gasteiger partial charge in [0.15, 0.2) is 0 Å². The number of hydrogen-bond donors (Lipinski definition) is 0. The third-order valence-corrected chi connectivity index (χ3v) is 2.87. The lowest BCUT2D eigenvalue weighted by atomic mass is 9.79. The van der Waals surface area contributed by atoms with E-state index in [1.807, 2.05) is 30.3 Å². The van der Waals surface area contributed by atoms with Crippen molar-refractivity contribution < 1.29 is 18.3 Å². The van der Waals surface area contributed by atoms with Crippen molar-refractivity contribution in [1.29, 1.82) is 0 Å². The molecule has 0 bridgehead atoms. The third kappa shape index (κ3) is 3.51. The summed E-state index contributed by atoms with van der Waals surface area (Å²) in [6.45, 7) is 0.211. The highest BCUT2D eigenvalue weighted by atomic mass is 19.3. The number of esters is 1. The molecule has 0 amide bonds. The van der Waals surface area contributed by atoms with Crippen LogP contribution in [0.4, 0.5) is 8.78 Å². The summed E-state index contributed by atoms with van der Waals surface area (Å²) < 4.78 is 30.1. The molecule has 1 aliphatic carbocycles. The van der Waals surface area contributed by atoms with E-state index >= 15 is 0 Å². The first kappa shape index (κ1) is 12.0. The summed E-state index contributed by atoms with van der Waals surface area (Å²) in [4.78, 5) is 11.4. The van der Waals surface area contributed by atoms with E-state index in [-0.39, 0.29) is 31.8 Å². The Morgan fingerprint density at radius 2 is 1.94 bits per heavy atom. The molecule has 1 fully saturated rings. The number of carbonyl (C=O) groups excluding carboxylic acids is 1. The normalized spacial score (nSPS) is 18.5. The van der Waals surface area contributed by atoms with Gasteiger partial charge in [0.25, 0.3) is 0 Å². The fourth-order valence-corrected chi connectivity index (χ4v) is 1.96. The predicted octanol–water partition coefficient (Wildman–Crippen LogP) is 3.17. The average Bonchev–Trinajstić information content (AvgIpc) is 2.25. The van der Waals surface area contributed by atoms with Gasteiger partial charge in [0.2, 0.25) is 5.92 Å². The molecule has 1 aromatic carbocycles. The Labute approximate surface area is 98.6 Å². The molecule has 0 saturated heterocycles. The minimum Gasteiger partial charge on any atom is -0.461 e. The molecule has 0 N–H and O–H groups in total. The molecule has 1 saturated carbocycles. The maximum atomic E-state index is 12.5. The Kier molecular flexibility index (Phi) is 3.41. The molecule has 2 rings (SSSR count). The molecule has 0 atom stereocenters. The van der Waals surface area contributed by atoms with E-state index in [0.29, 0.717) is 0 Å². The van der Waals surface area contributed by atoms with Crippen LogP contribution < -0.4 is 0 Å². The van der Waals surface area contributed by atoms with Crippen molar-refractivity contribution in [2.75, 3.05) is 0 Å². The maximum absolute atomic E-state index is 12.5. The number of ether oxygens (including phenoxy) is 1. The van der Waals surface area contributed by atoms with Crippen LogP contribution in [-0.4, -0.2) is 11.9 Å². The summed E-state index contributed by atoms with van der Waals surface area (Å²) in [5, 5.41) is 0. The molecule has 0 unspecified atom stereocenters. The number of halogens is 2. The van der Waals surface area contributed by atoms with Crippen LogP contribution in [0, 0.1) is 5.92 Å². The second kappa shape index (κ2) is 4.82. The monoisotopic (exact) mass is 240 g/mol. The van der Waals surface area contributed by atoms with Gasteiger partial charge >= 0.3 is 5.97 Å². The number of hydrogen-bond acceptors (Lipinski definition) is 2. The number of rotatable bonds is 4. The van der Waals surface area contributed by atoms with Crippen molar-refractivity contribution in [1.82, 2.24) is 0 Å². The van der Waals surface area contributed by atoms with Crippen LogP contribution in [0.25, 0.3) is 0 Å². The Morgan fingerprint density at radius 3 is 2.53 bits per heavy atom. The van der Waals surface area contributed by atoms with E-state index < -0.39 is 11.9 Å². The Balaban J connectivity index is 1.69. The van der Waals surface area contributed by atoms with Crippen LogP contribution in [0.2, 0.25) is 0 Å². The quantitative estimate of drug-likeness (QED) is 0.755. The topological polar surface area (TPSA) is 26.3 Å². The van der Waals surface area contributed by atoms with Gasteiger partial charge in [0, 0.05) is 19.3 Å². The first-order valence-corrected chi connectivity index (χ1v) is 5.62. The molecule has 1 aliphatic rings. The molecule has 0 spiro atoms. The van der Waals surface area contributed by atoms with Crippen LogP contribution in [0.15, 0.2) is 30.3 Å². The molecule has 17 heavy (non-hydrogen) atoms. The zero-order valence-electron chi connectivity index (χ0n) is 9.36. The second-order valence-corrected chi connectivity index (χ2v) is 4.48. The highest BCUT2D eigenvalue weighted by molar-refractivity contribution is 5.69. The number of carbonyl (C=O) groups is 1. The van der Waals surface area contributed by atoms with Crippen molar-refractivity contribution >= 4 is 5.97 Å². The molecule has 0 aliphatic heterocycles. The van der Waals surface area contributed by atoms with E-state index in [0.717, 1.165) is 5.56 Å². The first-order chi connectivity index (χ1) is 8.05. The molecule has 92 valence electrons. The third-order valence-electron chi connectivity index (χ3n) is 2.87. The smallest absolute Gasteiger partial charge is 0.306 e. The van der Waals surface area contributed by atoms with E-state index in [9.17, 15) is 13.6 Å². The Hall–Kier alpha value is -1.45. The van der Waals surface area contributed by atoms with Crippen LogP contribution in [0.5, 0.6) is 0 Å². The standard InChI is InChI=1S/C13H14F2O2/c14-13(15)7-11(8-13)6-12(16)17-9-10-4-2-1-3-5-10/h1-5,11H,6-9H2. The van der Waals surface area contributed by atoms with Crippen LogP contribution in [-0.2, 0) is 16.1 Å². The Morgan fingerprint density at radius 1 is 1.29 bits per heavy atom. The van der Waals surface area contributed by atoms with Crippen LogP contribution in [0.1, 0.15) is 24.8 Å². The highest BCUT2D eigenvalue weighted by Crippen LogP contribution is 2.44. The van der Waals surface area contributed by atoms with E-state index in [1.165, 1.54) is 0 Å². The SMILES string of the molecule is O=C(CC1CC(F)(F)C1)OCc1ccccc1. The first-order valence-electron chi connectivity index (χ1n) is 5.62. The van der Waals surface area contributed by atoms with Crippen molar-refractivity contribution in [3.8, 4) is 0 Å². The van der Waals surface area contributed by atoms with E-state index in [2.05, 4.69) is 0 Å². The molecule has 2 nitrogen and oxygen atoms in total. The van der Waals surface area contributed by atoms with Crippen molar-refractivity contribution in [2.45, 2.75) is 31.8 Å². The van der Waals surface area contributed by atoms with Crippen LogP contribution >= 0.6 is 0 Å². The number of benzene rings is 1. The summed E-state index contributed by atoms with van der Waals surface area (Å²) in [5.74, 6) is -3.17.